The Morgan fingerprint density at radius 3 is 2.69 bits per heavy atom. The molecule has 0 bridgehead atoms. The van der Waals surface area contributed by atoms with E-state index >= 15 is 0 Å². The first kappa shape index (κ1) is 10.1. The van der Waals surface area contributed by atoms with Gasteiger partial charge in [-0.1, -0.05) is 13.8 Å². The van der Waals surface area contributed by atoms with Gasteiger partial charge in [-0.05, 0) is 19.3 Å². The zero-order valence-corrected chi connectivity index (χ0v) is 8.96. The van der Waals surface area contributed by atoms with Crippen LogP contribution in [0.1, 0.15) is 26.0 Å². The Hall–Kier alpha value is -0.990. The van der Waals surface area contributed by atoms with E-state index in [9.17, 15) is 0 Å². The summed E-state index contributed by atoms with van der Waals surface area (Å²) in [7, 11) is 1.96. The summed E-state index contributed by atoms with van der Waals surface area (Å²) in [4.78, 5) is 0. The lowest BCUT2D eigenvalue weighted by atomic mass is 10.1. The van der Waals surface area contributed by atoms with Crippen molar-refractivity contribution < 1.29 is 0 Å². The standard InChI is InChI=1S/C10H19N3/c1-8(2)5-6-11-10-7-12-13(4)9(10)3/h7-8,11H,5-6H2,1-4H3. The number of anilines is 1. The SMILES string of the molecule is Cc1c(NCCC(C)C)cnn1C. The summed E-state index contributed by atoms with van der Waals surface area (Å²) in [5, 5.41) is 7.55. The Morgan fingerprint density at radius 1 is 1.54 bits per heavy atom. The first-order valence-corrected chi connectivity index (χ1v) is 4.83. The van der Waals surface area contributed by atoms with Gasteiger partial charge >= 0.3 is 0 Å². The van der Waals surface area contributed by atoms with E-state index in [1.54, 1.807) is 0 Å². The first-order valence-electron chi connectivity index (χ1n) is 4.83. The Morgan fingerprint density at radius 2 is 2.23 bits per heavy atom. The molecule has 1 aromatic heterocycles. The van der Waals surface area contributed by atoms with E-state index in [4.69, 9.17) is 0 Å². The van der Waals surface area contributed by atoms with E-state index in [0.717, 1.165) is 18.2 Å². The predicted octanol–water partition coefficient (Wildman–Crippen LogP) is 2.19. The molecule has 3 heteroatoms. The molecule has 0 unspecified atom stereocenters. The van der Waals surface area contributed by atoms with Crippen molar-refractivity contribution in [3.05, 3.63) is 11.9 Å². The van der Waals surface area contributed by atoms with Crippen LogP contribution < -0.4 is 5.32 Å². The Bertz CT molecular complexity index is 263. The number of hydrogen-bond donors (Lipinski definition) is 1. The number of aryl methyl sites for hydroxylation is 1. The van der Waals surface area contributed by atoms with Gasteiger partial charge in [-0.15, -0.1) is 0 Å². The van der Waals surface area contributed by atoms with Gasteiger partial charge in [0, 0.05) is 13.6 Å². The van der Waals surface area contributed by atoms with Crippen molar-refractivity contribution in [2.75, 3.05) is 11.9 Å². The third-order valence-corrected chi connectivity index (χ3v) is 2.27. The smallest absolute Gasteiger partial charge is 0.0756 e. The number of hydrogen-bond acceptors (Lipinski definition) is 2. The summed E-state index contributed by atoms with van der Waals surface area (Å²) in [5.41, 5.74) is 2.35. The maximum Gasteiger partial charge on any atom is 0.0756 e. The summed E-state index contributed by atoms with van der Waals surface area (Å²) in [5.74, 6) is 0.754. The van der Waals surface area contributed by atoms with Crippen molar-refractivity contribution in [1.29, 1.82) is 0 Å². The van der Waals surface area contributed by atoms with Crippen LogP contribution in [0.15, 0.2) is 6.20 Å². The van der Waals surface area contributed by atoms with Crippen LogP contribution in [0.4, 0.5) is 5.69 Å². The second kappa shape index (κ2) is 4.30. The largest absolute Gasteiger partial charge is 0.382 e. The second-order valence-electron chi connectivity index (χ2n) is 3.88. The minimum absolute atomic E-state index is 0.754. The highest BCUT2D eigenvalue weighted by Crippen LogP contribution is 2.12. The summed E-state index contributed by atoms with van der Waals surface area (Å²) in [6, 6.07) is 0. The zero-order chi connectivity index (χ0) is 9.84. The number of nitrogens with zero attached hydrogens (tertiary/aromatic N) is 2. The number of rotatable bonds is 4. The third kappa shape index (κ3) is 2.76. The van der Waals surface area contributed by atoms with E-state index in [0.29, 0.717) is 0 Å². The lowest BCUT2D eigenvalue weighted by Gasteiger charge is -2.07. The van der Waals surface area contributed by atoms with Crippen molar-refractivity contribution in [1.82, 2.24) is 9.78 Å². The molecule has 74 valence electrons. The normalized spacial score (nSPS) is 10.8. The first-order chi connectivity index (χ1) is 6.11. The summed E-state index contributed by atoms with van der Waals surface area (Å²) in [6.07, 6.45) is 3.09. The molecule has 3 nitrogen and oxygen atoms in total. The van der Waals surface area contributed by atoms with Crippen molar-refractivity contribution >= 4 is 5.69 Å². The van der Waals surface area contributed by atoms with Crippen LogP contribution in [-0.2, 0) is 7.05 Å². The quantitative estimate of drug-likeness (QED) is 0.771. The van der Waals surface area contributed by atoms with Crippen molar-refractivity contribution in [2.24, 2.45) is 13.0 Å². The van der Waals surface area contributed by atoms with Gasteiger partial charge in [-0.2, -0.15) is 5.10 Å². The van der Waals surface area contributed by atoms with Crippen molar-refractivity contribution in [2.45, 2.75) is 27.2 Å². The maximum absolute atomic E-state index is 4.17. The Balaban J connectivity index is 2.41. The molecule has 0 aliphatic heterocycles. The molecule has 0 saturated carbocycles. The highest BCUT2D eigenvalue weighted by molar-refractivity contribution is 5.45. The molecule has 0 aliphatic rings. The third-order valence-electron chi connectivity index (χ3n) is 2.27. The van der Waals surface area contributed by atoms with Gasteiger partial charge < -0.3 is 5.32 Å². The van der Waals surface area contributed by atoms with Gasteiger partial charge in [0.1, 0.15) is 0 Å². The van der Waals surface area contributed by atoms with Crippen LogP contribution in [-0.4, -0.2) is 16.3 Å². The number of aromatic nitrogens is 2. The van der Waals surface area contributed by atoms with Crippen molar-refractivity contribution in [3.63, 3.8) is 0 Å². The van der Waals surface area contributed by atoms with Gasteiger partial charge in [0.05, 0.1) is 17.6 Å². The van der Waals surface area contributed by atoms with E-state index in [1.165, 1.54) is 12.1 Å². The molecule has 0 saturated heterocycles. The highest BCUT2D eigenvalue weighted by Gasteiger charge is 2.02. The fraction of sp³-hybridized carbons (Fsp3) is 0.700. The molecule has 1 heterocycles. The molecule has 0 spiro atoms. The van der Waals surface area contributed by atoms with Crippen LogP contribution in [0.2, 0.25) is 0 Å². The van der Waals surface area contributed by atoms with E-state index in [2.05, 4.69) is 31.2 Å². The minimum atomic E-state index is 0.754. The van der Waals surface area contributed by atoms with Crippen LogP contribution in [0.25, 0.3) is 0 Å². The Kier molecular flexibility index (Phi) is 3.34. The van der Waals surface area contributed by atoms with Gasteiger partial charge in [0.2, 0.25) is 0 Å². The van der Waals surface area contributed by atoms with E-state index in [-0.39, 0.29) is 0 Å². The monoisotopic (exact) mass is 181 g/mol. The van der Waals surface area contributed by atoms with Gasteiger partial charge in [0.25, 0.3) is 0 Å². The van der Waals surface area contributed by atoms with Crippen molar-refractivity contribution in [3.8, 4) is 0 Å². The Labute approximate surface area is 80.1 Å². The fourth-order valence-electron chi connectivity index (χ4n) is 1.17. The molecule has 0 atom stereocenters. The molecule has 1 N–H and O–H groups in total. The average Bonchev–Trinajstić information content (AvgIpc) is 2.35. The van der Waals surface area contributed by atoms with Crippen LogP contribution >= 0.6 is 0 Å². The summed E-state index contributed by atoms with van der Waals surface area (Å²) in [6.45, 7) is 7.57. The highest BCUT2D eigenvalue weighted by atomic mass is 15.3. The van der Waals surface area contributed by atoms with Gasteiger partial charge in [-0.25, -0.2) is 0 Å². The second-order valence-corrected chi connectivity index (χ2v) is 3.88. The van der Waals surface area contributed by atoms with Crippen LogP contribution in [0.3, 0.4) is 0 Å². The zero-order valence-electron chi connectivity index (χ0n) is 8.96. The summed E-state index contributed by atoms with van der Waals surface area (Å²) >= 11 is 0. The molecule has 1 aromatic rings. The molecule has 0 aliphatic carbocycles. The lowest BCUT2D eigenvalue weighted by Crippen LogP contribution is -2.05. The van der Waals surface area contributed by atoms with Gasteiger partial charge in [0.15, 0.2) is 0 Å². The van der Waals surface area contributed by atoms with E-state index in [1.807, 2.05) is 17.9 Å². The van der Waals surface area contributed by atoms with E-state index < -0.39 is 0 Å². The summed E-state index contributed by atoms with van der Waals surface area (Å²) < 4.78 is 1.89. The molecule has 0 amide bonds. The molecule has 1 rings (SSSR count). The topological polar surface area (TPSA) is 29.9 Å². The molecular weight excluding hydrogens is 162 g/mol. The fourth-order valence-corrected chi connectivity index (χ4v) is 1.17. The molecule has 13 heavy (non-hydrogen) atoms. The number of nitrogens with one attached hydrogen (secondary N) is 1. The minimum Gasteiger partial charge on any atom is -0.382 e. The maximum atomic E-state index is 4.17. The lowest BCUT2D eigenvalue weighted by molar-refractivity contribution is 0.607. The molecular formula is C10H19N3. The predicted molar refractivity (Wildman–Crippen MR) is 55.9 cm³/mol. The van der Waals surface area contributed by atoms with Crippen LogP contribution in [0, 0.1) is 12.8 Å². The van der Waals surface area contributed by atoms with Gasteiger partial charge in [-0.3, -0.25) is 4.68 Å². The molecule has 0 fully saturated rings. The average molecular weight is 181 g/mol. The molecule has 0 radical (unpaired) electrons. The molecule has 0 aromatic carbocycles. The van der Waals surface area contributed by atoms with Crippen LogP contribution in [0.5, 0.6) is 0 Å².